The van der Waals surface area contributed by atoms with Gasteiger partial charge in [-0.05, 0) is 46.5 Å². The molecular formula is C13H15BrClN3. The highest BCUT2D eigenvalue weighted by molar-refractivity contribution is 9.10. The van der Waals surface area contributed by atoms with E-state index in [2.05, 4.69) is 37.6 Å². The molecule has 2 N–H and O–H groups in total. The highest BCUT2D eigenvalue weighted by atomic mass is 79.9. The van der Waals surface area contributed by atoms with Crippen molar-refractivity contribution in [2.45, 2.75) is 19.4 Å². The second-order valence-corrected chi connectivity index (χ2v) is 5.34. The number of hydrogen-bond donors (Lipinski definition) is 1. The summed E-state index contributed by atoms with van der Waals surface area (Å²) in [5.41, 5.74) is 8.08. The lowest BCUT2D eigenvalue weighted by molar-refractivity contribution is 0.739. The summed E-state index contributed by atoms with van der Waals surface area (Å²) in [7, 11) is 2.00. The molecule has 0 aliphatic carbocycles. The Labute approximate surface area is 120 Å². The molecular weight excluding hydrogens is 314 g/mol. The van der Waals surface area contributed by atoms with Crippen LogP contribution in [-0.2, 0) is 26.4 Å². The highest BCUT2D eigenvalue weighted by Gasteiger charge is 2.11. The Hall–Kier alpha value is -0.840. The van der Waals surface area contributed by atoms with Crippen LogP contribution in [0.4, 0.5) is 0 Å². The molecule has 96 valence electrons. The molecule has 0 unspecified atom stereocenters. The molecule has 0 radical (unpaired) electrons. The van der Waals surface area contributed by atoms with Crippen LogP contribution >= 0.6 is 27.5 Å². The third-order valence-electron chi connectivity index (χ3n) is 3.00. The zero-order valence-corrected chi connectivity index (χ0v) is 12.5. The minimum atomic E-state index is 0.454. The van der Waals surface area contributed by atoms with Gasteiger partial charge in [0.05, 0.1) is 12.2 Å². The Morgan fingerprint density at radius 1 is 1.28 bits per heavy atom. The van der Waals surface area contributed by atoms with E-state index in [0.717, 1.165) is 28.3 Å². The van der Waals surface area contributed by atoms with Gasteiger partial charge < -0.3 is 10.3 Å². The first-order valence-corrected chi connectivity index (χ1v) is 6.93. The molecule has 2 aromatic rings. The number of nitrogens with two attached hydrogens (primary N) is 1. The number of benzene rings is 1. The number of aromatic nitrogens is 2. The topological polar surface area (TPSA) is 43.8 Å². The predicted molar refractivity (Wildman–Crippen MR) is 77.7 cm³/mol. The predicted octanol–water partition coefficient (Wildman–Crippen LogP) is 3.08. The van der Waals surface area contributed by atoms with Gasteiger partial charge >= 0.3 is 0 Å². The van der Waals surface area contributed by atoms with Gasteiger partial charge in [0.15, 0.2) is 0 Å². The number of hydrogen-bond acceptors (Lipinski definition) is 2. The lowest BCUT2D eigenvalue weighted by Crippen LogP contribution is -2.07. The van der Waals surface area contributed by atoms with Crippen molar-refractivity contribution in [3.8, 4) is 0 Å². The summed E-state index contributed by atoms with van der Waals surface area (Å²) in [4.78, 5) is 4.39. The Kier molecular flexibility index (Phi) is 4.43. The van der Waals surface area contributed by atoms with E-state index in [0.29, 0.717) is 6.54 Å². The first kappa shape index (κ1) is 13.6. The molecule has 0 atom stereocenters. The quantitative estimate of drug-likeness (QED) is 0.937. The molecule has 18 heavy (non-hydrogen) atoms. The van der Waals surface area contributed by atoms with Gasteiger partial charge in [-0.1, -0.05) is 23.7 Å². The molecule has 1 aromatic carbocycles. The van der Waals surface area contributed by atoms with Crippen LogP contribution in [0, 0.1) is 0 Å². The van der Waals surface area contributed by atoms with Crippen molar-refractivity contribution < 1.29 is 0 Å². The van der Waals surface area contributed by atoms with Crippen molar-refractivity contribution in [3.63, 3.8) is 0 Å². The standard InChI is InChI=1S/C13H15BrClN3/c1-18-11(13(14)17-12(18)8-16)7-4-9-2-5-10(15)6-3-9/h2-3,5-6H,4,7-8,16H2,1H3. The molecule has 5 heteroatoms. The summed E-state index contributed by atoms with van der Waals surface area (Å²) < 4.78 is 2.94. The normalized spacial score (nSPS) is 10.9. The van der Waals surface area contributed by atoms with Gasteiger partial charge in [-0.15, -0.1) is 0 Å². The fourth-order valence-corrected chi connectivity index (χ4v) is 2.71. The van der Waals surface area contributed by atoms with Crippen LogP contribution in [-0.4, -0.2) is 9.55 Å². The first-order chi connectivity index (χ1) is 8.61. The summed E-state index contributed by atoms with van der Waals surface area (Å²) in [6, 6.07) is 7.94. The Balaban J connectivity index is 2.10. The molecule has 0 spiro atoms. The van der Waals surface area contributed by atoms with Crippen molar-refractivity contribution in [2.24, 2.45) is 12.8 Å². The smallest absolute Gasteiger partial charge is 0.127 e. The molecule has 1 aromatic heterocycles. The minimum absolute atomic E-state index is 0.454. The van der Waals surface area contributed by atoms with Gasteiger partial charge in [0.25, 0.3) is 0 Å². The summed E-state index contributed by atoms with van der Waals surface area (Å²) in [6.45, 7) is 0.454. The van der Waals surface area contributed by atoms with E-state index in [1.807, 2.05) is 19.2 Å². The summed E-state index contributed by atoms with van der Waals surface area (Å²) >= 11 is 9.35. The average Bonchev–Trinajstić information content (AvgIpc) is 2.64. The fraction of sp³-hybridized carbons (Fsp3) is 0.308. The third-order valence-corrected chi connectivity index (χ3v) is 3.89. The highest BCUT2D eigenvalue weighted by Crippen LogP contribution is 2.19. The third kappa shape index (κ3) is 2.94. The fourth-order valence-electron chi connectivity index (χ4n) is 1.91. The zero-order chi connectivity index (χ0) is 13.1. The molecule has 0 saturated carbocycles. The largest absolute Gasteiger partial charge is 0.333 e. The molecule has 1 heterocycles. The summed E-state index contributed by atoms with van der Waals surface area (Å²) in [5.74, 6) is 0.896. The van der Waals surface area contributed by atoms with Crippen LogP contribution in [0.3, 0.4) is 0 Å². The number of halogens is 2. The van der Waals surface area contributed by atoms with E-state index >= 15 is 0 Å². The molecule has 3 nitrogen and oxygen atoms in total. The van der Waals surface area contributed by atoms with Crippen molar-refractivity contribution in [2.75, 3.05) is 0 Å². The van der Waals surface area contributed by atoms with Crippen molar-refractivity contribution in [1.82, 2.24) is 9.55 Å². The number of rotatable bonds is 4. The maximum Gasteiger partial charge on any atom is 0.127 e. The lowest BCUT2D eigenvalue weighted by Gasteiger charge is -2.05. The van der Waals surface area contributed by atoms with Crippen LogP contribution in [0.5, 0.6) is 0 Å². The van der Waals surface area contributed by atoms with Crippen LogP contribution in [0.1, 0.15) is 17.1 Å². The molecule has 0 bridgehead atoms. The molecule has 0 amide bonds. The van der Waals surface area contributed by atoms with E-state index in [1.54, 1.807) is 0 Å². The summed E-state index contributed by atoms with van der Waals surface area (Å²) in [5, 5.41) is 0.769. The molecule has 0 fully saturated rings. The maximum absolute atomic E-state index is 5.87. The van der Waals surface area contributed by atoms with Gasteiger partial charge in [0, 0.05) is 12.1 Å². The average molecular weight is 329 g/mol. The van der Waals surface area contributed by atoms with E-state index in [4.69, 9.17) is 17.3 Å². The summed E-state index contributed by atoms with van der Waals surface area (Å²) in [6.07, 6.45) is 1.88. The molecule has 0 aliphatic heterocycles. The molecule has 0 aliphatic rings. The van der Waals surface area contributed by atoms with Gasteiger partial charge in [0.2, 0.25) is 0 Å². The zero-order valence-electron chi connectivity index (χ0n) is 10.2. The monoisotopic (exact) mass is 327 g/mol. The van der Waals surface area contributed by atoms with Crippen molar-refractivity contribution in [3.05, 3.63) is 51.0 Å². The molecule has 0 saturated heterocycles. The maximum atomic E-state index is 5.87. The first-order valence-electron chi connectivity index (χ1n) is 5.76. The number of aryl methyl sites for hydroxylation is 1. The van der Waals surface area contributed by atoms with Crippen LogP contribution in [0.15, 0.2) is 28.9 Å². The van der Waals surface area contributed by atoms with Gasteiger partial charge in [-0.25, -0.2) is 4.98 Å². The Morgan fingerprint density at radius 3 is 2.50 bits per heavy atom. The second kappa shape index (κ2) is 5.87. The van der Waals surface area contributed by atoms with Gasteiger partial charge in [-0.2, -0.15) is 0 Å². The van der Waals surface area contributed by atoms with E-state index in [9.17, 15) is 0 Å². The van der Waals surface area contributed by atoms with Crippen LogP contribution < -0.4 is 5.73 Å². The number of nitrogens with zero attached hydrogens (tertiary/aromatic N) is 2. The molecule has 2 rings (SSSR count). The SMILES string of the molecule is Cn1c(CN)nc(Br)c1CCc1ccc(Cl)cc1. The minimum Gasteiger partial charge on any atom is -0.333 e. The van der Waals surface area contributed by atoms with Crippen molar-refractivity contribution >= 4 is 27.5 Å². The van der Waals surface area contributed by atoms with Gasteiger partial charge in [-0.3, -0.25) is 0 Å². The van der Waals surface area contributed by atoms with E-state index in [1.165, 1.54) is 11.3 Å². The second-order valence-electron chi connectivity index (χ2n) is 4.16. The Bertz CT molecular complexity index is 534. The Morgan fingerprint density at radius 2 is 1.94 bits per heavy atom. The van der Waals surface area contributed by atoms with E-state index in [-0.39, 0.29) is 0 Å². The van der Waals surface area contributed by atoms with E-state index < -0.39 is 0 Å². The van der Waals surface area contributed by atoms with Crippen LogP contribution in [0.25, 0.3) is 0 Å². The van der Waals surface area contributed by atoms with Crippen LogP contribution in [0.2, 0.25) is 5.02 Å². The van der Waals surface area contributed by atoms with Crippen molar-refractivity contribution in [1.29, 1.82) is 0 Å². The van der Waals surface area contributed by atoms with Gasteiger partial charge in [0.1, 0.15) is 10.4 Å². The lowest BCUT2D eigenvalue weighted by atomic mass is 10.1. The number of imidazole rings is 1.